The predicted molar refractivity (Wildman–Crippen MR) is 89.1 cm³/mol. The summed E-state index contributed by atoms with van der Waals surface area (Å²) in [6, 6.07) is -0.263. The third kappa shape index (κ3) is 4.95. The minimum atomic E-state index is -0.404. The highest BCUT2D eigenvalue weighted by Gasteiger charge is 2.28. The maximum absolute atomic E-state index is 12.0. The Labute approximate surface area is 141 Å². The van der Waals surface area contributed by atoms with Gasteiger partial charge in [-0.15, -0.1) is 10.2 Å². The largest absolute Gasteiger partial charge is 0.335 e. The quantitative estimate of drug-likeness (QED) is 0.801. The second-order valence-corrected chi connectivity index (χ2v) is 7.03. The first kappa shape index (κ1) is 17.8. The van der Waals surface area contributed by atoms with Crippen LogP contribution in [0, 0.1) is 11.8 Å². The molecule has 0 aliphatic heterocycles. The molecule has 2 rings (SSSR count). The number of nitrogens with zero attached hydrogens (tertiary/aromatic N) is 3. The van der Waals surface area contributed by atoms with Gasteiger partial charge in [-0.05, 0) is 25.2 Å². The van der Waals surface area contributed by atoms with Gasteiger partial charge in [0.1, 0.15) is 6.33 Å². The zero-order valence-corrected chi connectivity index (χ0v) is 14.7. The van der Waals surface area contributed by atoms with Gasteiger partial charge in [0.25, 0.3) is 0 Å². The Morgan fingerprint density at radius 1 is 1.39 bits per heavy atom. The van der Waals surface area contributed by atoms with Crippen molar-refractivity contribution in [3.63, 3.8) is 0 Å². The molecule has 0 saturated heterocycles. The number of thioether (sulfide) groups is 1. The van der Waals surface area contributed by atoms with E-state index in [0.29, 0.717) is 17.0 Å². The maximum Gasteiger partial charge on any atom is 0.321 e. The second kappa shape index (κ2) is 8.33. The van der Waals surface area contributed by atoms with Crippen LogP contribution >= 0.6 is 11.8 Å². The molecule has 7 nitrogen and oxygen atoms in total. The number of amides is 3. The van der Waals surface area contributed by atoms with Crippen LogP contribution in [0.25, 0.3) is 0 Å². The molecule has 0 spiro atoms. The van der Waals surface area contributed by atoms with Crippen LogP contribution in [0.15, 0.2) is 11.5 Å². The molecule has 0 aromatic carbocycles. The van der Waals surface area contributed by atoms with Gasteiger partial charge >= 0.3 is 6.03 Å². The maximum atomic E-state index is 12.0. The van der Waals surface area contributed by atoms with Gasteiger partial charge < -0.3 is 9.88 Å². The lowest BCUT2D eigenvalue weighted by Gasteiger charge is -2.34. The van der Waals surface area contributed by atoms with Crippen molar-refractivity contribution in [2.75, 3.05) is 5.75 Å². The Balaban J connectivity index is 1.75. The van der Waals surface area contributed by atoms with Gasteiger partial charge in [-0.1, -0.05) is 38.5 Å². The van der Waals surface area contributed by atoms with Crippen molar-refractivity contribution in [3.8, 4) is 0 Å². The molecule has 3 amide bonds. The lowest BCUT2D eigenvalue weighted by atomic mass is 9.78. The molecule has 0 radical (unpaired) electrons. The molecule has 23 heavy (non-hydrogen) atoms. The molecule has 3 atom stereocenters. The Morgan fingerprint density at radius 2 is 2.17 bits per heavy atom. The fraction of sp³-hybridized carbons (Fsp3) is 0.733. The summed E-state index contributed by atoms with van der Waals surface area (Å²) in [6.07, 6.45) is 4.92. The molecule has 2 N–H and O–H groups in total. The summed E-state index contributed by atoms with van der Waals surface area (Å²) in [4.78, 5) is 23.9. The number of rotatable bonds is 5. The number of imide groups is 1. The van der Waals surface area contributed by atoms with Crippen molar-refractivity contribution in [2.45, 2.75) is 57.8 Å². The minimum Gasteiger partial charge on any atom is -0.335 e. The highest BCUT2D eigenvalue weighted by atomic mass is 32.2. The van der Waals surface area contributed by atoms with Crippen LogP contribution in [0.4, 0.5) is 4.79 Å². The molecule has 1 fully saturated rings. The van der Waals surface area contributed by atoms with Crippen LogP contribution in [0.2, 0.25) is 0 Å². The molecule has 128 valence electrons. The summed E-state index contributed by atoms with van der Waals surface area (Å²) >= 11 is 1.27. The van der Waals surface area contributed by atoms with Gasteiger partial charge in [0.05, 0.1) is 5.75 Å². The zero-order valence-electron chi connectivity index (χ0n) is 13.9. The summed E-state index contributed by atoms with van der Waals surface area (Å²) in [5.74, 6) is 0.848. The molecule has 8 heteroatoms. The topological polar surface area (TPSA) is 88.9 Å². The summed E-state index contributed by atoms with van der Waals surface area (Å²) in [5, 5.41) is 13.8. The molecule has 1 heterocycles. The molecule has 1 aromatic rings. The highest BCUT2D eigenvalue weighted by molar-refractivity contribution is 7.99. The first-order valence-electron chi connectivity index (χ1n) is 8.12. The predicted octanol–water partition coefficient (Wildman–Crippen LogP) is 2.04. The van der Waals surface area contributed by atoms with E-state index in [1.54, 1.807) is 6.33 Å². The Kier molecular flexibility index (Phi) is 6.44. The molecule has 0 bridgehead atoms. The first-order chi connectivity index (χ1) is 11.0. The number of aryl methyl sites for hydroxylation is 1. The number of hydrogen-bond donors (Lipinski definition) is 2. The molecular weight excluding hydrogens is 314 g/mol. The fourth-order valence-electron chi connectivity index (χ4n) is 2.86. The average molecular weight is 339 g/mol. The third-order valence-corrected chi connectivity index (χ3v) is 5.51. The van der Waals surface area contributed by atoms with E-state index in [9.17, 15) is 9.59 Å². The van der Waals surface area contributed by atoms with Crippen LogP contribution in [0.3, 0.4) is 0 Å². The van der Waals surface area contributed by atoms with Crippen molar-refractivity contribution in [1.29, 1.82) is 0 Å². The van der Waals surface area contributed by atoms with Crippen molar-refractivity contribution >= 4 is 23.7 Å². The standard InChI is InChI=1S/C15H25N5O2S/c1-4-20-9-16-19-15(20)23-8-13(21)18-14(22)17-12-7-5-6-10(2)11(12)3/h9-12H,4-8H2,1-3H3,(H2,17,18,21,22)/t10-,11+,12-/m1/s1. The van der Waals surface area contributed by atoms with Gasteiger partial charge in [0.2, 0.25) is 5.91 Å². The number of aromatic nitrogens is 3. The van der Waals surface area contributed by atoms with Crippen LogP contribution in [0.1, 0.15) is 40.0 Å². The van der Waals surface area contributed by atoms with Gasteiger partial charge in [-0.2, -0.15) is 0 Å². The molecule has 1 aromatic heterocycles. The SMILES string of the molecule is CCn1cnnc1SCC(=O)NC(=O)N[C@@H]1CCC[C@@H](C)[C@@H]1C. The third-order valence-electron chi connectivity index (χ3n) is 4.53. The van der Waals surface area contributed by atoms with Crippen LogP contribution in [0.5, 0.6) is 0 Å². The van der Waals surface area contributed by atoms with E-state index >= 15 is 0 Å². The van der Waals surface area contributed by atoms with Crippen LogP contribution < -0.4 is 10.6 Å². The summed E-state index contributed by atoms with van der Waals surface area (Å²) in [6.45, 7) is 7.09. The smallest absolute Gasteiger partial charge is 0.321 e. The minimum absolute atomic E-state index is 0.141. The number of hydrogen-bond acceptors (Lipinski definition) is 5. The van der Waals surface area contributed by atoms with E-state index in [1.165, 1.54) is 18.2 Å². The van der Waals surface area contributed by atoms with E-state index in [2.05, 4.69) is 34.7 Å². The molecular formula is C15H25N5O2S. The van der Waals surface area contributed by atoms with E-state index < -0.39 is 6.03 Å². The van der Waals surface area contributed by atoms with Gasteiger partial charge in [-0.3, -0.25) is 10.1 Å². The monoisotopic (exact) mass is 339 g/mol. The number of carbonyl (C=O) groups excluding carboxylic acids is 2. The lowest BCUT2D eigenvalue weighted by Crippen LogP contribution is -2.49. The molecule has 1 aliphatic carbocycles. The molecule has 0 unspecified atom stereocenters. The van der Waals surface area contributed by atoms with Crippen LogP contribution in [-0.4, -0.2) is 38.5 Å². The summed E-state index contributed by atoms with van der Waals surface area (Å²) in [7, 11) is 0. The van der Waals surface area contributed by atoms with Crippen molar-refractivity contribution in [1.82, 2.24) is 25.4 Å². The lowest BCUT2D eigenvalue weighted by molar-refractivity contribution is -0.117. The summed E-state index contributed by atoms with van der Waals surface area (Å²) < 4.78 is 1.85. The molecule has 1 saturated carbocycles. The number of carbonyl (C=O) groups is 2. The number of urea groups is 1. The highest BCUT2D eigenvalue weighted by Crippen LogP contribution is 2.29. The fourth-order valence-corrected chi connectivity index (χ4v) is 3.64. The number of nitrogens with one attached hydrogen (secondary N) is 2. The van der Waals surface area contributed by atoms with E-state index in [-0.39, 0.29) is 17.7 Å². The van der Waals surface area contributed by atoms with Gasteiger partial charge in [0, 0.05) is 12.6 Å². The zero-order chi connectivity index (χ0) is 16.8. The Hall–Kier alpha value is -1.57. The van der Waals surface area contributed by atoms with Gasteiger partial charge in [0.15, 0.2) is 5.16 Å². The van der Waals surface area contributed by atoms with E-state index in [0.717, 1.165) is 19.4 Å². The van der Waals surface area contributed by atoms with Crippen LogP contribution in [-0.2, 0) is 11.3 Å². The van der Waals surface area contributed by atoms with Crippen molar-refractivity contribution < 1.29 is 9.59 Å². The second-order valence-electron chi connectivity index (χ2n) is 6.08. The normalized spacial score (nSPS) is 24.2. The van der Waals surface area contributed by atoms with Crippen molar-refractivity contribution in [3.05, 3.63) is 6.33 Å². The molecule has 1 aliphatic rings. The van der Waals surface area contributed by atoms with E-state index in [4.69, 9.17) is 0 Å². The first-order valence-corrected chi connectivity index (χ1v) is 9.10. The van der Waals surface area contributed by atoms with Gasteiger partial charge in [-0.25, -0.2) is 4.79 Å². The Morgan fingerprint density at radius 3 is 2.91 bits per heavy atom. The average Bonchev–Trinajstić information content (AvgIpc) is 2.97. The van der Waals surface area contributed by atoms with E-state index in [1.807, 2.05) is 11.5 Å². The summed E-state index contributed by atoms with van der Waals surface area (Å²) in [5.41, 5.74) is 0. The van der Waals surface area contributed by atoms with Crippen molar-refractivity contribution in [2.24, 2.45) is 11.8 Å². The Bertz CT molecular complexity index is 548.